The van der Waals surface area contributed by atoms with Crippen molar-refractivity contribution in [1.29, 1.82) is 0 Å². The van der Waals surface area contributed by atoms with E-state index in [1.54, 1.807) is 0 Å². The summed E-state index contributed by atoms with van der Waals surface area (Å²) in [5.41, 5.74) is 6.72. The fourth-order valence-electron chi connectivity index (χ4n) is 3.44. The summed E-state index contributed by atoms with van der Waals surface area (Å²) >= 11 is 0. The van der Waals surface area contributed by atoms with Crippen molar-refractivity contribution in [3.05, 3.63) is 24.3 Å². The van der Waals surface area contributed by atoms with E-state index in [1.165, 1.54) is 0 Å². The molecular weight excluding hydrogens is 288 g/mol. The number of nitrogens with zero attached hydrogens (tertiary/aromatic N) is 1. The lowest BCUT2D eigenvalue weighted by Crippen LogP contribution is -2.46. The van der Waals surface area contributed by atoms with Crippen LogP contribution in [-0.2, 0) is 4.79 Å². The fourth-order valence-corrected chi connectivity index (χ4v) is 3.44. The summed E-state index contributed by atoms with van der Waals surface area (Å²) in [6, 6.07) is 7.79. The molecule has 2 N–H and O–H groups in total. The van der Waals surface area contributed by atoms with Crippen LogP contribution >= 0.6 is 12.4 Å². The van der Waals surface area contributed by atoms with Gasteiger partial charge in [0, 0.05) is 5.92 Å². The van der Waals surface area contributed by atoms with E-state index in [0.717, 1.165) is 30.7 Å². The van der Waals surface area contributed by atoms with E-state index >= 15 is 0 Å². The molecule has 21 heavy (non-hydrogen) atoms. The normalized spacial score (nSPS) is 27.5. The Morgan fingerprint density at radius 3 is 2.90 bits per heavy atom. The molecule has 3 atom stereocenters. The summed E-state index contributed by atoms with van der Waals surface area (Å²) < 4.78 is 5.81. The van der Waals surface area contributed by atoms with Crippen molar-refractivity contribution in [2.45, 2.75) is 32.3 Å². The van der Waals surface area contributed by atoms with Crippen molar-refractivity contribution in [3.8, 4) is 5.75 Å². The second-order valence-corrected chi connectivity index (χ2v) is 5.88. The van der Waals surface area contributed by atoms with E-state index in [9.17, 15) is 4.79 Å². The smallest absolute Gasteiger partial charge is 0.230 e. The Kier molecular flexibility index (Phi) is 5.12. The minimum atomic E-state index is 0. The molecule has 0 spiro atoms. The van der Waals surface area contributed by atoms with Crippen molar-refractivity contribution < 1.29 is 9.53 Å². The molecule has 1 amide bonds. The molecule has 1 unspecified atom stereocenters. The summed E-state index contributed by atoms with van der Waals surface area (Å²) in [5.74, 6) is 1.45. The van der Waals surface area contributed by atoms with E-state index in [4.69, 9.17) is 10.5 Å². The van der Waals surface area contributed by atoms with Crippen LogP contribution in [0.3, 0.4) is 0 Å². The van der Waals surface area contributed by atoms with E-state index in [-0.39, 0.29) is 30.3 Å². The quantitative estimate of drug-likeness (QED) is 0.913. The van der Waals surface area contributed by atoms with Gasteiger partial charge in [0.15, 0.2) is 0 Å². The van der Waals surface area contributed by atoms with Gasteiger partial charge < -0.3 is 15.4 Å². The lowest BCUT2D eigenvalue weighted by molar-refractivity contribution is -0.123. The molecule has 1 aromatic carbocycles. The minimum Gasteiger partial charge on any atom is -0.487 e. The number of anilines is 1. The highest BCUT2D eigenvalue weighted by atomic mass is 35.5. The third kappa shape index (κ3) is 3.01. The average Bonchev–Trinajstić information content (AvgIpc) is 2.94. The molecule has 1 heterocycles. The molecule has 4 nitrogen and oxygen atoms in total. The maximum Gasteiger partial charge on any atom is 0.230 e. The monoisotopic (exact) mass is 310 g/mol. The number of hydrogen-bond acceptors (Lipinski definition) is 3. The Hall–Kier alpha value is -1.26. The highest BCUT2D eigenvalue weighted by Crippen LogP contribution is 2.38. The van der Waals surface area contributed by atoms with Gasteiger partial charge in [-0.1, -0.05) is 18.6 Å². The SMILES string of the molecule is CC1CN(C(=O)[C@@H]2CCC[C@@H]2CN)c2ccccc2O1.Cl. The average molecular weight is 311 g/mol. The zero-order valence-corrected chi connectivity index (χ0v) is 13.1. The van der Waals surface area contributed by atoms with Gasteiger partial charge in [-0.25, -0.2) is 0 Å². The van der Waals surface area contributed by atoms with Crippen molar-refractivity contribution >= 4 is 24.0 Å². The van der Waals surface area contributed by atoms with Crippen molar-refractivity contribution in [3.63, 3.8) is 0 Å². The molecule has 1 aliphatic carbocycles. The molecule has 1 saturated carbocycles. The molecule has 0 aromatic heterocycles. The maximum atomic E-state index is 12.9. The summed E-state index contributed by atoms with van der Waals surface area (Å²) in [5, 5.41) is 0. The Bertz CT molecular complexity index is 509. The van der Waals surface area contributed by atoms with Crippen LogP contribution in [0.15, 0.2) is 24.3 Å². The maximum absolute atomic E-state index is 12.9. The Morgan fingerprint density at radius 1 is 1.38 bits per heavy atom. The summed E-state index contributed by atoms with van der Waals surface area (Å²) in [4.78, 5) is 14.8. The molecule has 5 heteroatoms. The molecule has 0 saturated heterocycles. The van der Waals surface area contributed by atoms with Gasteiger partial charge >= 0.3 is 0 Å². The highest BCUT2D eigenvalue weighted by Gasteiger charge is 2.37. The number of amides is 1. The predicted octanol–water partition coefficient (Wildman–Crippen LogP) is 2.60. The second kappa shape index (κ2) is 6.67. The van der Waals surface area contributed by atoms with Gasteiger partial charge in [0.1, 0.15) is 11.9 Å². The van der Waals surface area contributed by atoms with E-state index in [1.807, 2.05) is 36.1 Å². The molecule has 116 valence electrons. The lowest BCUT2D eigenvalue weighted by atomic mass is 9.94. The van der Waals surface area contributed by atoms with Crippen LogP contribution < -0.4 is 15.4 Å². The van der Waals surface area contributed by atoms with Crippen molar-refractivity contribution in [2.24, 2.45) is 17.6 Å². The highest BCUT2D eigenvalue weighted by molar-refractivity contribution is 5.97. The molecule has 0 bridgehead atoms. The lowest BCUT2D eigenvalue weighted by Gasteiger charge is -2.35. The number of hydrogen-bond donors (Lipinski definition) is 1. The van der Waals surface area contributed by atoms with Gasteiger partial charge in [0.05, 0.1) is 12.2 Å². The molecule has 0 radical (unpaired) electrons. The molecule has 1 aliphatic heterocycles. The summed E-state index contributed by atoms with van der Waals surface area (Å²) in [6.45, 7) is 3.24. The van der Waals surface area contributed by atoms with E-state index < -0.39 is 0 Å². The number of fused-ring (bicyclic) bond motifs is 1. The fraction of sp³-hybridized carbons (Fsp3) is 0.562. The van der Waals surface area contributed by atoms with E-state index in [2.05, 4.69) is 0 Å². The first-order valence-electron chi connectivity index (χ1n) is 7.48. The van der Waals surface area contributed by atoms with E-state index in [0.29, 0.717) is 19.0 Å². The summed E-state index contributed by atoms with van der Waals surface area (Å²) in [7, 11) is 0. The van der Waals surface area contributed by atoms with Crippen LogP contribution in [0, 0.1) is 11.8 Å². The van der Waals surface area contributed by atoms with Crippen LogP contribution in [0.5, 0.6) is 5.75 Å². The van der Waals surface area contributed by atoms with Crippen molar-refractivity contribution in [2.75, 3.05) is 18.0 Å². The van der Waals surface area contributed by atoms with Crippen molar-refractivity contribution in [1.82, 2.24) is 0 Å². The zero-order valence-electron chi connectivity index (χ0n) is 12.3. The van der Waals surface area contributed by atoms with Crippen LogP contribution in [0.2, 0.25) is 0 Å². The van der Waals surface area contributed by atoms with Gasteiger partial charge in [-0.05, 0) is 44.4 Å². The summed E-state index contributed by atoms with van der Waals surface area (Å²) in [6.07, 6.45) is 3.19. The van der Waals surface area contributed by atoms with Crippen LogP contribution in [0.4, 0.5) is 5.69 Å². The minimum absolute atomic E-state index is 0. The number of carbonyl (C=O) groups is 1. The predicted molar refractivity (Wildman–Crippen MR) is 86.0 cm³/mol. The first kappa shape index (κ1) is 16.1. The van der Waals surface area contributed by atoms with Gasteiger partial charge in [-0.2, -0.15) is 0 Å². The van der Waals surface area contributed by atoms with Gasteiger partial charge in [0.25, 0.3) is 0 Å². The van der Waals surface area contributed by atoms with Gasteiger partial charge in [0.2, 0.25) is 5.91 Å². The third-order valence-corrected chi connectivity index (χ3v) is 4.47. The number of para-hydroxylation sites is 2. The van der Waals surface area contributed by atoms with Crippen LogP contribution in [0.25, 0.3) is 0 Å². The Labute approximate surface area is 132 Å². The zero-order chi connectivity index (χ0) is 14.1. The largest absolute Gasteiger partial charge is 0.487 e. The number of ether oxygens (including phenoxy) is 1. The number of halogens is 1. The third-order valence-electron chi connectivity index (χ3n) is 4.47. The molecule has 3 rings (SSSR count). The first-order valence-corrected chi connectivity index (χ1v) is 7.48. The number of nitrogens with two attached hydrogens (primary N) is 1. The Morgan fingerprint density at radius 2 is 2.14 bits per heavy atom. The first-order chi connectivity index (χ1) is 9.70. The molecule has 2 aliphatic rings. The molecule has 1 fully saturated rings. The van der Waals surface area contributed by atoms with Crippen LogP contribution in [-0.4, -0.2) is 25.1 Å². The van der Waals surface area contributed by atoms with Gasteiger partial charge in [-0.15, -0.1) is 12.4 Å². The topological polar surface area (TPSA) is 55.6 Å². The van der Waals surface area contributed by atoms with Gasteiger partial charge in [-0.3, -0.25) is 4.79 Å². The molecular formula is C16H23ClN2O2. The second-order valence-electron chi connectivity index (χ2n) is 5.88. The standard InChI is InChI=1S/C16H22N2O2.ClH/c1-11-10-18(14-7-2-3-8-15(14)20-11)16(19)13-6-4-5-12(13)9-17;/h2-3,7-8,11-13H,4-6,9-10,17H2,1H3;1H/t11?,12-,13-;/m1./s1. The number of rotatable bonds is 2. The number of carbonyl (C=O) groups excluding carboxylic acids is 1. The Balaban J connectivity index is 0.00000161. The number of benzene rings is 1. The van der Waals surface area contributed by atoms with Crippen LogP contribution in [0.1, 0.15) is 26.2 Å². The molecule has 1 aromatic rings.